The van der Waals surface area contributed by atoms with Gasteiger partial charge in [0.15, 0.2) is 5.13 Å². The van der Waals surface area contributed by atoms with Gasteiger partial charge >= 0.3 is 6.61 Å². The van der Waals surface area contributed by atoms with Crippen LogP contribution in [-0.4, -0.2) is 27.3 Å². The molecule has 0 saturated carbocycles. The minimum Gasteiger partial charge on any atom is -0.435 e. The number of thiazole rings is 1. The maximum absolute atomic E-state index is 12.3. The van der Waals surface area contributed by atoms with Crippen molar-refractivity contribution in [2.24, 2.45) is 0 Å². The average Bonchev–Trinajstić information content (AvgIpc) is 3.06. The molecular weight excluding hydrogens is 350 g/mol. The van der Waals surface area contributed by atoms with E-state index in [2.05, 4.69) is 20.1 Å². The first-order valence-electron chi connectivity index (χ1n) is 7.57. The third-order valence-electron chi connectivity index (χ3n) is 3.49. The summed E-state index contributed by atoms with van der Waals surface area (Å²) in [6, 6.07) is 6.42. The van der Waals surface area contributed by atoms with Crippen molar-refractivity contribution in [2.75, 3.05) is 5.32 Å². The van der Waals surface area contributed by atoms with Crippen molar-refractivity contribution in [1.82, 2.24) is 14.8 Å². The van der Waals surface area contributed by atoms with Crippen LogP contribution in [0.5, 0.6) is 5.75 Å². The normalized spacial score (nSPS) is 11.2. The van der Waals surface area contributed by atoms with Crippen LogP contribution in [0.15, 0.2) is 24.3 Å². The maximum atomic E-state index is 12.3. The van der Waals surface area contributed by atoms with Crippen LogP contribution in [0.4, 0.5) is 13.9 Å². The number of amides is 1. The highest BCUT2D eigenvalue weighted by Crippen LogP contribution is 2.29. The number of nitrogens with zero attached hydrogens (tertiary/aromatic N) is 3. The molecule has 2 heterocycles. The van der Waals surface area contributed by atoms with E-state index in [-0.39, 0.29) is 18.1 Å². The number of halogens is 2. The van der Waals surface area contributed by atoms with Crippen LogP contribution in [0, 0.1) is 13.8 Å². The molecule has 0 saturated heterocycles. The molecule has 2 aromatic heterocycles. The zero-order valence-corrected chi connectivity index (χ0v) is 14.4. The van der Waals surface area contributed by atoms with Crippen molar-refractivity contribution >= 4 is 32.6 Å². The number of hydrogen-bond acceptors (Lipinski definition) is 5. The van der Waals surface area contributed by atoms with Gasteiger partial charge in [-0.15, -0.1) is 0 Å². The van der Waals surface area contributed by atoms with Gasteiger partial charge in [0.25, 0.3) is 0 Å². The quantitative estimate of drug-likeness (QED) is 0.722. The second-order valence-corrected chi connectivity index (χ2v) is 6.51. The zero-order valence-electron chi connectivity index (χ0n) is 13.6. The van der Waals surface area contributed by atoms with Crippen LogP contribution < -0.4 is 10.1 Å². The second kappa shape index (κ2) is 7.14. The average molecular weight is 366 g/mol. The smallest absolute Gasteiger partial charge is 0.387 e. The van der Waals surface area contributed by atoms with Gasteiger partial charge in [-0.3, -0.25) is 9.48 Å². The minimum absolute atomic E-state index is 0.0635. The number of aryl methyl sites for hydroxylation is 3. The Kier molecular flexibility index (Phi) is 4.93. The van der Waals surface area contributed by atoms with Gasteiger partial charge in [-0.05, 0) is 38.1 Å². The number of hydrogen-bond donors (Lipinski definition) is 1. The molecule has 1 amide bonds. The van der Waals surface area contributed by atoms with E-state index in [1.165, 1.54) is 23.5 Å². The molecule has 0 radical (unpaired) electrons. The number of anilines is 1. The van der Waals surface area contributed by atoms with Crippen LogP contribution >= 0.6 is 11.3 Å². The molecule has 0 aliphatic carbocycles. The van der Waals surface area contributed by atoms with Crippen molar-refractivity contribution < 1.29 is 18.3 Å². The van der Waals surface area contributed by atoms with E-state index < -0.39 is 6.61 Å². The summed E-state index contributed by atoms with van der Waals surface area (Å²) in [6.45, 7) is 1.43. The third kappa shape index (κ3) is 4.30. The van der Waals surface area contributed by atoms with Crippen molar-refractivity contribution in [3.63, 3.8) is 0 Å². The van der Waals surface area contributed by atoms with Gasteiger partial charge in [-0.1, -0.05) is 11.3 Å². The molecule has 1 aromatic carbocycles. The van der Waals surface area contributed by atoms with E-state index in [0.717, 1.165) is 11.4 Å². The van der Waals surface area contributed by atoms with E-state index in [4.69, 9.17) is 0 Å². The number of alkyl halides is 2. The number of nitrogens with one attached hydrogen (secondary N) is 1. The Morgan fingerprint density at radius 3 is 2.84 bits per heavy atom. The number of aromatic nitrogens is 3. The number of benzene rings is 1. The fourth-order valence-corrected chi connectivity index (χ4v) is 3.34. The van der Waals surface area contributed by atoms with Gasteiger partial charge in [-0.2, -0.15) is 13.9 Å². The van der Waals surface area contributed by atoms with Crippen LogP contribution in [0.2, 0.25) is 0 Å². The van der Waals surface area contributed by atoms with E-state index in [1.54, 1.807) is 10.7 Å². The van der Waals surface area contributed by atoms with Gasteiger partial charge in [0.05, 0.1) is 15.9 Å². The summed E-state index contributed by atoms with van der Waals surface area (Å²) >= 11 is 1.21. The lowest BCUT2D eigenvalue weighted by atomic mass is 10.3. The summed E-state index contributed by atoms with van der Waals surface area (Å²) in [4.78, 5) is 16.4. The summed E-state index contributed by atoms with van der Waals surface area (Å²) in [5, 5.41) is 7.45. The fraction of sp³-hybridized carbons (Fsp3) is 0.312. The molecule has 132 valence electrons. The van der Waals surface area contributed by atoms with Crippen LogP contribution in [0.3, 0.4) is 0 Å². The molecule has 3 aromatic rings. The highest BCUT2D eigenvalue weighted by atomic mass is 32.1. The monoisotopic (exact) mass is 366 g/mol. The third-order valence-corrected chi connectivity index (χ3v) is 4.42. The molecule has 0 fully saturated rings. The molecule has 6 nitrogen and oxygen atoms in total. The summed E-state index contributed by atoms with van der Waals surface area (Å²) in [5.74, 6) is -0.121. The number of ether oxygens (including phenoxy) is 1. The van der Waals surface area contributed by atoms with Crippen LogP contribution in [0.1, 0.15) is 17.8 Å². The molecule has 0 unspecified atom stereocenters. The van der Waals surface area contributed by atoms with Crippen molar-refractivity contribution in [2.45, 2.75) is 33.4 Å². The second-order valence-electron chi connectivity index (χ2n) is 5.48. The lowest BCUT2D eigenvalue weighted by molar-refractivity contribution is -0.116. The van der Waals surface area contributed by atoms with Crippen molar-refractivity contribution in [3.05, 3.63) is 35.7 Å². The Morgan fingerprint density at radius 2 is 2.16 bits per heavy atom. The van der Waals surface area contributed by atoms with Crippen LogP contribution in [0.25, 0.3) is 10.2 Å². The first-order chi connectivity index (χ1) is 11.9. The molecular formula is C16H16F2N4O2S. The zero-order chi connectivity index (χ0) is 18.0. The molecule has 0 spiro atoms. The molecule has 3 rings (SSSR count). The summed E-state index contributed by atoms with van der Waals surface area (Å²) in [6.07, 6.45) is 0.262. The summed E-state index contributed by atoms with van der Waals surface area (Å²) in [7, 11) is 0. The first-order valence-corrected chi connectivity index (χ1v) is 8.38. The highest BCUT2D eigenvalue weighted by Gasteiger charge is 2.11. The fourth-order valence-electron chi connectivity index (χ4n) is 2.43. The van der Waals surface area contributed by atoms with Crippen LogP contribution in [-0.2, 0) is 11.3 Å². The molecule has 0 bridgehead atoms. The first kappa shape index (κ1) is 17.3. The van der Waals surface area contributed by atoms with Gasteiger partial charge < -0.3 is 10.1 Å². The molecule has 0 atom stereocenters. The van der Waals surface area contributed by atoms with Gasteiger partial charge in [0.2, 0.25) is 5.91 Å². The predicted octanol–water partition coefficient (Wildman–Crippen LogP) is 3.74. The van der Waals surface area contributed by atoms with Gasteiger partial charge in [0, 0.05) is 18.7 Å². The number of fused-ring (bicyclic) bond motifs is 1. The largest absolute Gasteiger partial charge is 0.435 e. The van der Waals surface area contributed by atoms with E-state index in [9.17, 15) is 13.6 Å². The van der Waals surface area contributed by atoms with E-state index in [0.29, 0.717) is 21.9 Å². The molecule has 25 heavy (non-hydrogen) atoms. The lowest BCUT2D eigenvalue weighted by Crippen LogP contribution is -2.15. The molecule has 1 N–H and O–H groups in total. The SMILES string of the molecule is Cc1cc(C)n(CCC(=O)Nc2nc3ccc(OC(F)F)cc3s2)n1. The Hall–Kier alpha value is -2.55. The number of carbonyl (C=O) groups excluding carboxylic acids is 1. The van der Waals surface area contributed by atoms with E-state index >= 15 is 0 Å². The maximum Gasteiger partial charge on any atom is 0.387 e. The Bertz CT molecular complexity index is 907. The summed E-state index contributed by atoms with van der Waals surface area (Å²) in [5.41, 5.74) is 2.52. The van der Waals surface area contributed by atoms with Crippen molar-refractivity contribution in [1.29, 1.82) is 0 Å². The van der Waals surface area contributed by atoms with Gasteiger partial charge in [-0.25, -0.2) is 4.98 Å². The highest BCUT2D eigenvalue weighted by molar-refractivity contribution is 7.22. The minimum atomic E-state index is -2.88. The number of carbonyl (C=O) groups is 1. The molecule has 9 heteroatoms. The Labute approximate surface area is 146 Å². The van der Waals surface area contributed by atoms with Crippen molar-refractivity contribution in [3.8, 4) is 5.75 Å². The molecule has 0 aliphatic rings. The van der Waals surface area contributed by atoms with E-state index in [1.807, 2.05) is 19.9 Å². The predicted molar refractivity (Wildman–Crippen MR) is 91.2 cm³/mol. The molecule has 0 aliphatic heterocycles. The van der Waals surface area contributed by atoms with Gasteiger partial charge in [0.1, 0.15) is 5.75 Å². The summed E-state index contributed by atoms with van der Waals surface area (Å²) < 4.78 is 31.3. The standard InChI is InChI=1S/C16H16F2N4O2S/c1-9-7-10(2)22(21-9)6-5-14(23)20-16-19-12-4-3-11(24-15(17)18)8-13(12)25-16/h3-4,7-8,15H,5-6H2,1-2H3,(H,19,20,23). The topological polar surface area (TPSA) is 69.0 Å². The number of rotatable bonds is 6. The Balaban J connectivity index is 1.63. The lowest BCUT2D eigenvalue weighted by Gasteiger charge is -2.04. The Morgan fingerprint density at radius 1 is 1.36 bits per heavy atom.